The molecule has 222 valence electrons. The van der Waals surface area contributed by atoms with Crippen LogP contribution in [0.15, 0.2) is 78.9 Å². The summed E-state index contributed by atoms with van der Waals surface area (Å²) in [6, 6.07) is 24.7. The highest BCUT2D eigenvalue weighted by molar-refractivity contribution is 5.94. The summed E-state index contributed by atoms with van der Waals surface area (Å²) in [6.07, 6.45) is 1.44. The number of anilines is 1. The Morgan fingerprint density at radius 2 is 1.77 bits per heavy atom. The Morgan fingerprint density at radius 1 is 0.977 bits per heavy atom. The first-order chi connectivity index (χ1) is 21.3. The molecule has 0 aliphatic carbocycles. The van der Waals surface area contributed by atoms with Gasteiger partial charge in [0.05, 0.1) is 23.3 Å². The third-order valence-electron chi connectivity index (χ3n) is 9.03. The molecule has 2 atom stereocenters. The third-order valence-corrected chi connectivity index (χ3v) is 9.03. The van der Waals surface area contributed by atoms with E-state index < -0.39 is 5.82 Å². The minimum absolute atomic E-state index is 0.0877. The summed E-state index contributed by atoms with van der Waals surface area (Å²) < 4.78 is 17.3. The molecule has 2 N–H and O–H groups in total. The van der Waals surface area contributed by atoms with Gasteiger partial charge in [-0.25, -0.2) is 13.9 Å². The molecule has 2 aliphatic heterocycles. The molecule has 44 heavy (non-hydrogen) atoms. The summed E-state index contributed by atoms with van der Waals surface area (Å²) >= 11 is 0. The zero-order valence-electron chi connectivity index (χ0n) is 24.7. The summed E-state index contributed by atoms with van der Waals surface area (Å²) in [5.41, 5.74) is 12.8. The Bertz CT molecular complexity index is 1920. The molecule has 0 bridgehead atoms. The predicted octanol–water partition coefficient (Wildman–Crippen LogP) is 5.58. The highest BCUT2D eigenvalue weighted by Crippen LogP contribution is 2.33. The summed E-state index contributed by atoms with van der Waals surface area (Å²) in [5, 5.41) is 4.78. The van der Waals surface area contributed by atoms with Crippen LogP contribution in [0, 0.1) is 18.7 Å². The molecule has 8 nitrogen and oxygen atoms in total. The number of carbonyl (C=O) groups excluding carboxylic acids is 2. The minimum atomic E-state index is -0.428. The van der Waals surface area contributed by atoms with E-state index in [9.17, 15) is 9.59 Å². The van der Waals surface area contributed by atoms with Crippen molar-refractivity contribution in [2.24, 2.45) is 11.7 Å². The highest BCUT2D eigenvalue weighted by atomic mass is 19.1. The standard InChI is InChI=1S/C35H33FN6O2/c1-21-7-9-24(10-8-21)32-18-31(35(44)41-16-14-23-5-3-4-6-27(23)22(41)2)38-33-19-30(39-42(32)33)28-12-11-26(17-29(28)36)40-15-13-25(20-40)34(37)43/h3-12,17-19,22,25H,13-16,20H2,1-2H3,(H2,37,43)/t22-,25+/m1/s1. The first-order valence-corrected chi connectivity index (χ1v) is 15.0. The molecule has 7 rings (SSSR count). The lowest BCUT2D eigenvalue weighted by Crippen LogP contribution is -2.39. The third kappa shape index (κ3) is 4.88. The fraction of sp³-hybridized carbons (Fsp3) is 0.257. The maximum absolute atomic E-state index is 15.6. The van der Waals surface area contributed by atoms with Crippen molar-refractivity contribution >= 4 is 23.1 Å². The topological polar surface area (TPSA) is 96.8 Å². The fourth-order valence-corrected chi connectivity index (χ4v) is 6.48. The summed E-state index contributed by atoms with van der Waals surface area (Å²) in [4.78, 5) is 34.2. The van der Waals surface area contributed by atoms with E-state index in [1.54, 1.807) is 22.7 Å². The Hall–Kier alpha value is -5.05. The number of hydrogen-bond acceptors (Lipinski definition) is 5. The maximum atomic E-state index is 15.6. The van der Waals surface area contributed by atoms with Crippen LogP contribution in [0.4, 0.5) is 10.1 Å². The molecule has 1 fully saturated rings. The molecule has 4 heterocycles. The number of halogens is 1. The van der Waals surface area contributed by atoms with E-state index in [1.165, 1.54) is 11.6 Å². The van der Waals surface area contributed by atoms with E-state index in [1.807, 2.05) is 59.2 Å². The largest absolute Gasteiger partial charge is 0.371 e. The monoisotopic (exact) mass is 588 g/mol. The van der Waals surface area contributed by atoms with Crippen LogP contribution < -0.4 is 10.6 Å². The van der Waals surface area contributed by atoms with Crippen molar-refractivity contribution in [3.63, 3.8) is 0 Å². The number of aryl methyl sites for hydroxylation is 1. The van der Waals surface area contributed by atoms with Crippen LogP contribution in [0.25, 0.3) is 28.2 Å². The fourth-order valence-electron chi connectivity index (χ4n) is 6.48. The van der Waals surface area contributed by atoms with Crippen molar-refractivity contribution in [1.29, 1.82) is 0 Å². The summed E-state index contributed by atoms with van der Waals surface area (Å²) in [5.74, 6) is -1.14. The molecule has 2 amide bonds. The van der Waals surface area contributed by atoms with Crippen molar-refractivity contribution in [3.8, 4) is 22.5 Å². The molecule has 3 aromatic carbocycles. The summed E-state index contributed by atoms with van der Waals surface area (Å²) in [6.45, 7) is 5.79. The number of primary amides is 1. The highest BCUT2D eigenvalue weighted by Gasteiger charge is 2.30. The Labute approximate surface area is 254 Å². The summed E-state index contributed by atoms with van der Waals surface area (Å²) in [7, 11) is 0. The van der Waals surface area contributed by atoms with E-state index in [2.05, 4.69) is 19.1 Å². The predicted molar refractivity (Wildman–Crippen MR) is 168 cm³/mol. The Morgan fingerprint density at radius 3 is 2.52 bits per heavy atom. The Balaban J connectivity index is 1.27. The van der Waals surface area contributed by atoms with E-state index in [4.69, 9.17) is 15.8 Å². The lowest BCUT2D eigenvalue weighted by molar-refractivity contribution is -0.121. The number of rotatable bonds is 5. The van der Waals surface area contributed by atoms with Crippen molar-refractivity contribution < 1.29 is 14.0 Å². The first kappa shape index (κ1) is 27.8. The van der Waals surface area contributed by atoms with Crippen LogP contribution in [0.1, 0.15) is 46.6 Å². The lowest BCUT2D eigenvalue weighted by atomic mass is 9.93. The van der Waals surface area contributed by atoms with Crippen LogP contribution in [-0.2, 0) is 11.2 Å². The average molecular weight is 589 g/mol. The first-order valence-electron chi connectivity index (χ1n) is 15.0. The molecule has 9 heteroatoms. The van der Waals surface area contributed by atoms with Crippen molar-refractivity contribution in [1.82, 2.24) is 19.5 Å². The zero-order valence-corrected chi connectivity index (χ0v) is 24.7. The van der Waals surface area contributed by atoms with Gasteiger partial charge in [0.15, 0.2) is 5.65 Å². The second kappa shape index (κ2) is 10.9. The van der Waals surface area contributed by atoms with Gasteiger partial charge >= 0.3 is 0 Å². The number of benzene rings is 3. The molecule has 0 radical (unpaired) electrons. The van der Waals surface area contributed by atoms with Gasteiger partial charge in [-0.1, -0.05) is 54.1 Å². The molecule has 5 aromatic rings. The number of aromatic nitrogens is 3. The lowest BCUT2D eigenvalue weighted by Gasteiger charge is -2.35. The van der Waals surface area contributed by atoms with Crippen molar-refractivity contribution in [3.05, 3.63) is 107 Å². The Kier molecular flexibility index (Phi) is 6.88. The van der Waals surface area contributed by atoms with E-state index >= 15 is 4.39 Å². The second-order valence-electron chi connectivity index (χ2n) is 11.8. The van der Waals surface area contributed by atoms with Gasteiger partial charge in [-0.2, -0.15) is 5.10 Å². The smallest absolute Gasteiger partial charge is 0.273 e. The molecule has 0 spiro atoms. The van der Waals surface area contributed by atoms with Gasteiger partial charge in [-0.05, 0) is 62.1 Å². The molecule has 0 saturated carbocycles. The van der Waals surface area contributed by atoms with E-state index in [0.29, 0.717) is 60.0 Å². The van der Waals surface area contributed by atoms with Crippen LogP contribution in [0.3, 0.4) is 0 Å². The van der Waals surface area contributed by atoms with Gasteiger partial charge in [0, 0.05) is 42.5 Å². The number of carbonyl (C=O) groups is 2. The van der Waals surface area contributed by atoms with E-state index in [0.717, 1.165) is 23.1 Å². The van der Waals surface area contributed by atoms with Crippen LogP contribution in [-0.4, -0.2) is 50.9 Å². The van der Waals surface area contributed by atoms with Crippen molar-refractivity contribution in [2.75, 3.05) is 24.5 Å². The van der Waals surface area contributed by atoms with Crippen LogP contribution in [0.2, 0.25) is 0 Å². The van der Waals surface area contributed by atoms with Gasteiger partial charge < -0.3 is 15.5 Å². The number of nitrogens with zero attached hydrogens (tertiary/aromatic N) is 5. The van der Waals surface area contributed by atoms with Gasteiger partial charge in [0.1, 0.15) is 11.5 Å². The molecular weight excluding hydrogens is 555 g/mol. The van der Waals surface area contributed by atoms with Crippen molar-refractivity contribution in [2.45, 2.75) is 32.7 Å². The minimum Gasteiger partial charge on any atom is -0.371 e. The molecular formula is C35H33FN6O2. The maximum Gasteiger partial charge on any atom is 0.273 e. The van der Waals surface area contributed by atoms with Crippen LogP contribution in [0.5, 0.6) is 0 Å². The van der Waals surface area contributed by atoms with E-state index in [-0.39, 0.29) is 23.8 Å². The normalized spacial score (nSPS) is 18.1. The molecule has 2 aromatic heterocycles. The number of hydrogen-bond donors (Lipinski definition) is 1. The van der Waals surface area contributed by atoms with Gasteiger partial charge in [0.25, 0.3) is 5.91 Å². The number of fused-ring (bicyclic) bond motifs is 2. The second-order valence-corrected chi connectivity index (χ2v) is 11.8. The van der Waals surface area contributed by atoms with Gasteiger partial charge in [-0.15, -0.1) is 0 Å². The van der Waals surface area contributed by atoms with Gasteiger partial charge in [-0.3, -0.25) is 9.59 Å². The average Bonchev–Trinajstić information content (AvgIpc) is 3.69. The molecule has 2 aliphatic rings. The molecule has 1 saturated heterocycles. The van der Waals surface area contributed by atoms with Gasteiger partial charge in [0.2, 0.25) is 5.91 Å². The SMILES string of the molecule is Cc1ccc(-c2cc(C(=O)N3CCc4ccccc4[C@H]3C)nc3cc(-c4ccc(N5CC[C@H](C(N)=O)C5)cc4F)nn23)cc1. The van der Waals surface area contributed by atoms with Crippen LogP contribution >= 0.6 is 0 Å². The molecule has 0 unspecified atom stereocenters. The zero-order chi connectivity index (χ0) is 30.5. The number of amides is 2. The number of nitrogens with two attached hydrogens (primary N) is 1. The quantitative estimate of drug-likeness (QED) is 0.289.